The first-order valence-corrected chi connectivity index (χ1v) is 6.21. The third kappa shape index (κ3) is 2.89. The Kier molecular flexibility index (Phi) is 4.21. The van der Waals surface area contributed by atoms with E-state index in [4.69, 9.17) is 10.00 Å². The first kappa shape index (κ1) is 13.9. The third-order valence-electron chi connectivity index (χ3n) is 3.09. The largest absolute Gasteiger partial charge is 0.496 e. The molecule has 0 aliphatic heterocycles. The molecule has 0 spiro atoms. The van der Waals surface area contributed by atoms with Gasteiger partial charge >= 0.3 is 0 Å². The lowest BCUT2D eigenvalue weighted by Gasteiger charge is -2.13. The molecule has 20 heavy (non-hydrogen) atoms. The first-order valence-electron chi connectivity index (χ1n) is 6.21. The highest BCUT2D eigenvalue weighted by atomic mass is 19.1. The summed E-state index contributed by atoms with van der Waals surface area (Å²) in [5.41, 5.74) is 2.67. The number of aryl methyl sites for hydroxylation is 1. The average Bonchev–Trinajstić information content (AvgIpc) is 2.46. The van der Waals surface area contributed by atoms with Gasteiger partial charge in [0.1, 0.15) is 11.6 Å². The van der Waals surface area contributed by atoms with Crippen LogP contribution in [0.1, 0.15) is 16.7 Å². The van der Waals surface area contributed by atoms with Crippen molar-refractivity contribution in [2.45, 2.75) is 13.5 Å². The SMILES string of the molecule is COc1ccc(C#N)cc1CNc1c(C)cccc1F. The number of nitrogens with zero attached hydrogens (tertiary/aromatic N) is 1. The minimum atomic E-state index is -0.291. The zero-order valence-corrected chi connectivity index (χ0v) is 11.4. The Bertz CT molecular complexity index is 642. The number of nitrogens with one attached hydrogen (secondary N) is 1. The average molecular weight is 270 g/mol. The van der Waals surface area contributed by atoms with E-state index in [-0.39, 0.29) is 5.82 Å². The zero-order chi connectivity index (χ0) is 14.5. The molecule has 2 aromatic rings. The summed E-state index contributed by atoms with van der Waals surface area (Å²) in [6, 6.07) is 12.2. The van der Waals surface area contributed by atoms with Crippen LogP contribution in [0, 0.1) is 24.1 Å². The Morgan fingerprint density at radius 2 is 2.10 bits per heavy atom. The molecule has 4 heteroatoms. The van der Waals surface area contributed by atoms with Gasteiger partial charge in [0.15, 0.2) is 0 Å². The predicted octanol–water partition coefficient (Wildman–Crippen LogP) is 3.63. The highest BCUT2D eigenvalue weighted by Gasteiger charge is 2.08. The molecule has 0 aromatic heterocycles. The van der Waals surface area contributed by atoms with Gasteiger partial charge in [0, 0.05) is 12.1 Å². The lowest BCUT2D eigenvalue weighted by atomic mass is 10.1. The van der Waals surface area contributed by atoms with Crippen molar-refractivity contribution < 1.29 is 9.13 Å². The molecule has 0 saturated heterocycles. The monoisotopic (exact) mass is 270 g/mol. The molecule has 0 radical (unpaired) electrons. The smallest absolute Gasteiger partial charge is 0.146 e. The molecule has 0 atom stereocenters. The fraction of sp³-hybridized carbons (Fsp3) is 0.188. The molecule has 0 aliphatic rings. The number of rotatable bonds is 4. The van der Waals surface area contributed by atoms with Gasteiger partial charge in [-0.05, 0) is 36.8 Å². The van der Waals surface area contributed by atoms with E-state index < -0.39 is 0 Å². The van der Waals surface area contributed by atoms with Gasteiger partial charge in [-0.25, -0.2) is 4.39 Å². The predicted molar refractivity (Wildman–Crippen MR) is 76.2 cm³/mol. The highest BCUT2D eigenvalue weighted by Crippen LogP contribution is 2.23. The van der Waals surface area contributed by atoms with Gasteiger partial charge in [-0.2, -0.15) is 5.26 Å². The standard InChI is InChI=1S/C16H15FN2O/c1-11-4-3-5-14(17)16(11)19-10-13-8-12(9-18)6-7-15(13)20-2/h3-8,19H,10H2,1-2H3. The van der Waals surface area contributed by atoms with E-state index in [0.717, 1.165) is 11.1 Å². The van der Waals surface area contributed by atoms with Crippen molar-refractivity contribution in [1.82, 2.24) is 0 Å². The molecular weight excluding hydrogens is 255 g/mol. The van der Waals surface area contributed by atoms with Crippen molar-refractivity contribution in [1.29, 1.82) is 5.26 Å². The number of para-hydroxylation sites is 1. The van der Waals surface area contributed by atoms with Crippen LogP contribution >= 0.6 is 0 Å². The fourth-order valence-corrected chi connectivity index (χ4v) is 2.03. The Morgan fingerprint density at radius 3 is 2.75 bits per heavy atom. The Hall–Kier alpha value is -2.54. The van der Waals surface area contributed by atoms with Gasteiger partial charge in [-0.1, -0.05) is 12.1 Å². The van der Waals surface area contributed by atoms with Crippen molar-refractivity contribution in [3.8, 4) is 11.8 Å². The van der Waals surface area contributed by atoms with Crippen LogP contribution in [0.15, 0.2) is 36.4 Å². The number of methoxy groups -OCH3 is 1. The minimum absolute atomic E-state index is 0.291. The summed E-state index contributed by atoms with van der Waals surface area (Å²) in [6.45, 7) is 2.23. The molecule has 1 N–H and O–H groups in total. The van der Waals surface area contributed by atoms with Gasteiger partial charge in [-0.3, -0.25) is 0 Å². The highest BCUT2D eigenvalue weighted by molar-refractivity contribution is 5.53. The van der Waals surface area contributed by atoms with Crippen molar-refractivity contribution in [3.05, 3.63) is 58.9 Å². The lowest BCUT2D eigenvalue weighted by Crippen LogP contribution is -2.05. The maximum absolute atomic E-state index is 13.7. The van der Waals surface area contributed by atoms with E-state index in [9.17, 15) is 4.39 Å². The molecule has 0 fully saturated rings. The lowest BCUT2D eigenvalue weighted by molar-refractivity contribution is 0.410. The van der Waals surface area contributed by atoms with Gasteiger partial charge in [0.2, 0.25) is 0 Å². The number of ether oxygens (including phenoxy) is 1. The van der Waals surface area contributed by atoms with Crippen LogP contribution in [0.2, 0.25) is 0 Å². The van der Waals surface area contributed by atoms with Crippen LogP contribution in [-0.2, 0) is 6.54 Å². The molecular formula is C16H15FN2O. The Labute approximate surface area is 117 Å². The van der Waals surface area contributed by atoms with Crippen molar-refractivity contribution >= 4 is 5.69 Å². The van der Waals surface area contributed by atoms with Crippen molar-refractivity contribution in [3.63, 3.8) is 0 Å². The van der Waals surface area contributed by atoms with E-state index in [0.29, 0.717) is 23.5 Å². The van der Waals surface area contributed by atoms with E-state index in [1.54, 1.807) is 31.4 Å². The normalized spacial score (nSPS) is 9.90. The van der Waals surface area contributed by atoms with E-state index >= 15 is 0 Å². The molecule has 0 heterocycles. The molecule has 3 nitrogen and oxygen atoms in total. The summed E-state index contributed by atoms with van der Waals surface area (Å²) < 4.78 is 19.0. The molecule has 0 amide bonds. The number of anilines is 1. The maximum atomic E-state index is 13.7. The zero-order valence-electron chi connectivity index (χ0n) is 11.4. The number of halogens is 1. The second-order valence-corrected chi connectivity index (χ2v) is 4.42. The molecule has 2 rings (SSSR count). The number of benzene rings is 2. The van der Waals surface area contributed by atoms with Gasteiger partial charge < -0.3 is 10.1 Å². The molecule has 0 aliphatic carbocycles. The quantitative estimate of drug-likeness (QED) is 0.922. The molecule has 0 saturated carbocycles. The van der Waals surface area contributed by atoms with E-state index in [1.807, 2.05) is 13.0 Å². The van der Waals surface area contributed by atoms with Crippen LogP contribution in [0.25, 0.3) is 0 Å². The van der Waals surface area contributed by atoms with Crippen LogP contribution in [0.3, 0.4) is 0 Å². The number of hydrogen-bond donors (Lipinski definition) is 1. The summed E-state index contributed by atoms with van der Waals surface area (Å²) >= 11 is 0. The summed E-state index contributed by atoms with van der Waals surface area (Å²) in [5, 5.41) is 12.0. The first-order chi connectivity index (χ1) is 9.65. The number of nitriles is 1. The van der Waals surface area contributed by atoms with Crippen LogP contribution in [0.4, 0.5) is 10.1 Å². The number of hydrogen-bond acceptors (Lipinski definition) is 3. The van der Waals surface area contributed by atoms with Crippen molar-refractivity contribution in [2.75, 3.05) is 12.4 Å². The maximum Gasteiger partial charge on any atom is 0.146 e. The fourth-order valence-electron chi connectivity index (χ4n) is 2.03. The second-order valence-electron chi connectivity index (χ2n) is 4.42. The van der Waals surface area contributed by atoms with Gasteiger partial charge in [-0.15, -0.1) is 0 Å². The molecule has 2 aromatic carbocycles. The Morgan fingerprint density at radius 1 is 1.30 bits per heavy atom. The molecule has 0 unspecified atom stereocenters. The van der Waals surface area contributed by atoms with E-state index in [1.165, 1.54) is 6.07 Å². The summed E-state index contributed by atoms with van der Waals surface area (Å²) in [6.07, 6.45) is 0. The van der Waals surface area contributed by atoms with Crippen LogP contribution in [0.5, 0.6) is 5.75 Å². The van der Waals surface area contributed by atoms with Crippen molar-refractivity contribution in [2.24, 2.45) is 0 Å². The summed E-state index contributed by atoms with van der Waals surface area (Å²) in [7, 11) is 1.57. The molecule has 102 valence electrons. The molecule has 0 bridgehead atoms. The summed E-state index contributed by atoms with van der Waals surface area (Å²) in [4.78, 5) is 0. The minimum Gasteiger partial charge on any atom is -0.496 e. The van der Waals surface area contributed by atoms with E-state index in [2.05, 4.69) is 11.4 Å². The van der Waals surface area contributed by atoms with Crippen LogP contribution < -0.4 is 10.1 Å². The van der Waals surface area contributed by atoms with Crippen LogP contribution in [-0.4, -0.2) is 7.11 Å². The summed E-state index contributed by atoms with van der Waals surface area (Å²) in [5.74, 6) is 0.380. The Balaban J connectivity index is 2.25. The third-order valence-corrected chi connectivity index (χ3v) is 3.09. The second kappa shape index (κ2) is 6.07. The van der Waals surface area contributed by atoms with Gasteiger partial charge in [0.05, 0.1) is 24.4 Å². The van der Waals surface area contributed by atoms with Gasteiger partial charge in [0.25, 0.3) is 0 Å². The topological polar surface area (TPSA) is 45.0 Å².